The van der Waals surface area contributed by atoms with Gasteiger partial charge in [-0.2, -0.15) is 0 Å². The number of amides is 1. The summed E-state index contributed by atoms with van der Waals surface area (Å²) in [5.74, 6) is 0.801. The second-order valence-corrected chi connectivity index (χ2v) is 6.06. The quantitative estimate of drug-likeness (QED) is 0.838. The SMILES string of the molecule is Cc1oc(C(C)C)cc1C(=O)N(CCC(=O)O)CC(C)C. The number of carboxylic acids is 1. The highest BCUT2D eigenvalue weighted by Gasteiger charge is 2.23. The van der Waals surface area contributed by atoms with Crippen molar-refractivity contribution in [3.05, 3.63) is 23.2 Å². The van der Waals surface area contributed by atoms with Gasteiger partial charge in [0.2, 0.25) is 0 Å². The van der Waals surface area contributed by atoms with Crippen molar-refractivity contribution in [1.29, 1.82) is 0 Å². The van der Waals surface area contributed by atoms with E-state index in [1.165, 1.54) is 0 Å². The lowest BCUT2D eigenvalue weighted by Gasteiger charge is -2.23. The molecule has 0 saturated carbocycles. The van der Waals surface area contributed by atoms with Gasteiger partial charge < -0.3 is 14.4 Å². The standard InChI is InChI=1S/C16H25NO4/c1-10(2)9-17(7-6-15(18)19)16(20)13-8-14(11(3)4)21-12(13)5/h8,10-11H,6-7,9H2,1-5H3,(H,18,19). The maximum absolute atomic E-state index is 12.6. The van der Waals surface area contributed by atoms with Crippen LogP contribution in [0.4, 0.5) is 0 Å². The molecule has 0 unspecified atom stereocenters. The number of nitrogens with zero attached hydrogens (tertiary/aromatic N) is 1. The topological polar surface area (TPSA) is 70.8 Å². The molecule has 1 aromatic rings. The van der Waals surface area contributed by atoms with Crippen molar-refractivity contribution >= 4 is 11.9 Å². The normalized spacial score (nSPS) is 11.2. The molecule has 1 aromatic heterocycles. The first-order valence-corrected chi connectivity index (χ1v) is 7.33. The van der Waals surface area contributed by atoms with Crippen molar-refractivity contribution in [1.82, 2.24) is 4.90 Å². The van der Waals surface area contributed by atoms with Gasteiger partial charge in [0, 0.05) is 19.0 Å². The van der Waals surface area contributed by atoms with Gasteiger partial charge in [-0.15, -0.1) is 0 Å². The summed E-state index contributed by atoms with van der Waals surface area (Å²) in [6.07, 6.45) is -0.0492. The van der Waals surface area contributed by atoms with Gasteiger partial charge in [-0.1, -0.05) is 27.7 Å². The summed E-state index contributed by atoms with van der Waals surface area (Å²) in [4.78, 5) is 25.0. The summed E-state index contributed by atoms with van der Waals surface area (Å²) in [6, 6.07) is 1.77. The van der Waals surface area contributed by atoms with Crippen LogP contribution in [-0.4, -0.2) is 35.0 Å². The molecule has 5 heteroatoms. The Balaban J connectivity index is 2.95. The van der Waals surface area contributed by atoms with Gasteiger partial charge in [0.05, 0.1) is 12.0 Å². The molecule has 1 N–H and O–H groups in total. The minimum Gasteiger partial charge on any atom is -0.481 e. The lowest BCUT2D eigenvalue weighted by atomic mass is 10.1. The van der Waals surface area contributed by atoms with Gasteiger partial charge in [-0.3, -0.25) is 9.59 Å². The number of carboxylic acid groups (broad SMARTS) is 1. The summed E-state index contributed by atoms with van der Waals surface area (Å²) in [5.41, 5.74) is 0.532. The number of hydrogen-bond donors (Lipinski definition) is 1. The van der Waals surface area contributed by atoms with E-state index in [-0.39, 0.29) is 30.7 Å². The van der Waals surface area contributed by atoms with Crippen LogP contribution < -0.4 is 0 Å². The van der Waals surface area contributed by atoms with Crippen LogP contribution in [0.1, 0.15) is 61.9 Å². The molecule has 0 aliphatic carbocycles. The molecule has 1 rings (SSSR count). The Kier molecular flexibility index (Phi) is 6.00. The number of aryl methyl sites for hydroxylation is 1. The van der Waals surface area contributed by atoms with E-state index in [1.54, 1.807) is 17.9 Å². The van der Waals surface area contributed by atoms with Crippen molar-refractivity contribution in [3.63, 3.8) is 0 Å². The zero-order valence-electron chi connectivity index (χ0n) is 13.5. The van der Waals surface area contributed by atoms with E-state index in [2.05, 4.69) is 0 Å². The van der Waals surface area contributed by atoms with Crippen molar-refractivity contribution in [2.45, 2.75) is 47.0 Å². The third kappa shape index (κ3) is 4.92. The predicted molar refractivity (Wildman–Crippen MR) is 80.5 cm³/mol. The smallest absolute Gasteiger partial charge is 0.305 e. The first-order chi connectivity index (χ1) is 9.72. The summed E-state index contributed by atoms with van der Waals surface area (Å²) in [6.45, 7) is 10.5. The molecular weight excluding hydrogens is 270 g/mol. The minimum absolute atomic E-state index is 0.0492. The van der Waals surface area contributed by atoms with E-state index in [9.17, 15) is 9.59 Å². The Hall–Kier alpha value is -1.78. The second-order valence-electron chi connectivity index (χ2n) is 6.06. The van der Waals surface area contributed by atoms with Crippen molar-refractivity contribution in [2.24, 2.45) is 5.92 Å². The maximum Gasteiger partial charge on any atom is 0.305 e. The van der Waals surface area contributed by atoms with Crippen LogP contribution in [0.5, 0.6) is 0 Å². The molecule has 21 heavy (non-hydrogen) atoms. The number of furan rings is 1. The van der Waals surface area contributed by atoms with Crippen molar-refractivity contribution in [2.75, 3.05) is 13.1 Å². The van der Waals surface area contributed by atoms with Crippen LogP contribution in [0.15, 0.2) is 10.5 Å². The highest BCUT2D eigenvalue weighted by molar-refractivity contribution is 5.95. The number of carbonyl (C=O) groups excluding carboxylic acids is 1. The molecule has 0 saturated heterocycles. The number of hydrogen-bond acceptors (Lipinski definition) is 3. The Bertz CT molecular complexity index is 502. The molecule has 0 spiro atoms. The lowest BCUT2D eigenvalue weighted by Crippen LogP contribution is -2.36. The molecule has 0 bridgehead atoms. The van der Waals surface area contributed by atoms with Gasteiger partial charge in [-0.25, -0.2) is 0 Å². The molecule has 0 aromatic carbocycles. The highest BCUT2D eigenvalue weighted by atomic mass is 16.4. The van der Waals surface area contributed by atoms with Gasteiger partial charge in [-0.05, 0) is 18.9 Å². The van der Waals surface area contributed by atoms with Crippen LogP contribution in [-0.2, 0) is 4.79 Å². The fourth-order valence-corrected chi connectivity index (χ4v) is 2.12. The third-order valence-electron chi connectivity index (χ3n) is 3.20. The second kappa shape index (κ2) is 7.29. The van der Waals surface area contributed by atoms with Crippen molar-refractivity contribution in [3.8, 4) is 0 Å². The molecule has 1 amide bonds. The maximum atomic E-state index is 12.6. The van der Waals surface area contributed by atoms with Crippen molar-refractivity contribution < 1.29 is 19.1 Å². The first kappa shape index (κ1) is 17.3. The molecule has 5 nitrogen and oxygen atoms in total. The average Bonchev–Trinajstić information content (AvgIpc) is 2.75. The minimum atomic E-state index is -0.900. The van der Waals surface area contributed by atoms with Crippen LogP contribution in [0, 0.1) is 12.8 Å². The fourth-order valence-electron chi connectivity index (χ4n) is 2.12. The number of carbonyl (C=O) groups is 2. The Morgan fingerprint density at radius 3 is 2.33 bits per heavy atom. The Labute approximate surface area is 125 Å². The van der Waals surface area contributed by atoms with E-state index < -0.39 is 5.97 Å². The molecular formula is C16H25NO4. The van der Waals surface area contributed by atoms with Gasteiger partial charge >= 0.3 is 5.97 Å². The molecule has 0 atom stereocenters. The lowest BCUT2D eigenvalue weighted by molar-refractivity contribution is -0.137. The highest BCUT2D eigenvalue weighted by Crippen LogP contribution is 2.23. The average molecular weight is 295 g/mol. The zero-order valence-corrected chi connectivity index (χ0v) is 13.5. The Morgan fingerprint density at radius 1 is 1.29 bits per heavy atom. The zero-order chi connectivity index (χ0) is 16.2. The van der Waals surface area contributed by atoms with E-state index in [1.807, 2.05) is 27.7 Å². The van der Waals surface area contributed by atoms with E-state index >= 15 is 0 Å². The first-order valence-electron chi connectivity index (χ1n) is 7.33. The number of rotatable bonds is 7. The van der Waals surface area contributed by atoms with Crippen LogP contribution in [0.25, 0.3) is 0 Å². The van der Waals surface area contributed by atoms with Gasteiger partial charge in [0.15, 0.2) is 0 Å². The van der Waals surface area contributed by atoms with Crippen LogP contribution >= 0.6 is 0 Å². The summed E-state index contributed by atoms with van der Waals surface area (Å²) in [7, 11) is 0. The molecule has 118 valence electrons. The monoisotopic (exact) mass is 295 g/mol. The van der Waals surface area contributed by atoms with E-state index in [0.717, 1.165) is 5.76 Å². The molecule has 0 fully saturated rings. The molecule has 0 aliphatic heterocycles. The van der Waals surface area contributed by atoms with Gasteiger partial charge in [0.25, 0.3) is 5.91 Å². The summed E-state index contributed by atoms with van der Waals surface area (Å²) < 4.78 is 5.61. The Morgan fingerprint density at radius 2 is 1.90 bits per heavy atom. The van der Waals surface area contributed by atoms with E-state index in [0.29, 0.717) is 17.9 Å². The van der Waals surface area contributed by atoms with E-state index in [4.69, 9.17) is 9.52 Å². The molecule has 0 aliphatic rings. The third-order valence-corrected chi connectivity index (χ3v) is 3.20. The van der Waals surface area contributed by atoms with Crippen LogP contribution in [0.3, 0.4) is 0 Å². The van der Waals surface area contributed by atoms with Gasteiger partial charge in [0.1, 0.15) is 11.5 Å². The molecule has 1 heterocycles. The largest absolute Gasteiger partial charge is 0.481 e. The van der Waals surface area contributed by atoms with Crippen LogP contribution in [0.2, 0.25) is 0 Å². The fraction of sp³-hybridized carbons (Fsp3) is 0.625. The summed E-state index contributed by atoms with van der Waals surface area (Å²) >= 11 is 0. The number of aliphatic carboxylic acids is 1. The predicted octanol–water partition coefficient (Wildman–Crippen LogP) is 3.28. The summed E-state index contributed by atoms with van der Waals surface area (Å²) in [5, 5.41) is 8.82. The molecule has 0 radical (unpaired) electrons.